The smallest absolute Gasteiger partial charge is 0.0475 e. The molecule has 0 aliphatic rings. The van der Waals surface area contributed by atoms with Crippen LogP contribution in [0.3, 0.4) is 0 Å². The Hall–Kier alpha value is -1.02. The Bertz CT molecular complexity index is 305. The third-order valence-electron chi connectivity index (χ3n) is 3.00. The molecule has 1 aromatic carbocycles. The lowest BCUT2D eigenvalue weighted by atomic mass is 10.0. The summed E-state index contributed by atoms with van der Waals surface area (Å²) in [5.41, 5.74) is 2.54. The average molecular weight is 221 g/mol. The molecule has 16 heavy (non-hydrogen) atoms. The fourth-order valence-corrected chi connectivity index (χ4v) is 1.75. The Labute approximate surface area is 98.7 Å². The zero-order chi connectivity index (χ0) is 12.0. The fourth-order valence-electron chi connectivity index (χ4n) is 1.75. The molecule has 1 rings (SSSR count). The molecule has 1 unspecified atom stereocenters. The lowest BCUT2D eigenvalue weighted by Crippen LogP contribution is -2.17. The molecule has 2 heteroatoms. The van der Waals surface area contributed by atoms with Crippen molar-refractivity contribution in [2.45, 2.75) is 33.1 Å². The molecule has 0 bridgehead atoms. The van der Waals surface area contributed by atoms with Crippen molar-refractivity contribution in [3.8, 4) is 0 Å². The van der Waals surface area contributed by atoms with E-state index in [-0.39, 0.29) is 6.61 Å². The van der Waals surface area contributed by atoms with Crippen molar-refractivity contribution in [2.24, 2.45) is 5.92 Å². The third kappa shape index (κ3) is 3.53. The highest BCUT2D eigenvalue weighted by molar-refractivity contribution is 5.52. The molecule has 1 atom stereocenters. The average Bonchev–Trinajstić information content (AvgIpc) is 2.30. The van der Waals surface area contributed by atoms with Gasteiger partial charge < -0.3 is 10.4 Å². The van der Waals surface area contributed by atoms with Crippen molar-refractivity contribution >= 4 is 5.69 Å². The summed E-state index contributed by atoms with van der Waals surface area (Å²) in [5, 5.41) is 12.6. The molecule has 0 saturated carbocycles. The predicted octanol–water partition coefficient (Wildman–Crippen LogP) is 3.24. The lowest BCUT2D eigenvalue weighted by molar-refractivity contribution is 0.230. The lowest BCUT2D eigenvalue weighted by Gasteiger charge is -2.17. The standard InChI is InChI=1S/C14H23NO/c1-4-12(10-16)9-15-14-8-6-5-7-13(14)11(2)3/h5-8,11-12,15-16H,4,9-10H2,1-3H3. The number of aliphatic hydroxyl groups excluding tert-OH is 1. The summed E-state index contributed by atoms with van der Waals surface area (Å²) < 4.78 is 0. The molecule has 0 fully saturated rings. The second-order valence-corrected chi connectivity index (χ2v) is 4.58. The highest BCUT2D eigenvalue weighted by atomic mass is 16.3. The predicted molar refractivity (Wildman–Crippen MR) is 69.9 cm³/mol. The van der Waals surface area contributed by atoms with E-state index < -0.39 is 0 Å². The van der Waals surface area contributed by atoms with E-state index in [2.05, 4.69) is 44.3 Å². The maximum absolute atomic E-state index is 9.14. The quantitative estimate of drug-likeness (QED) is 0.773. The van der Waals surface area contributed by atoms with Crippen LogP contribution in [0.4, 0.5) is 5.69 Å². The minimum absolute atomic E-state index is 0.257. The first-order valence-corrected chi connectivity index (χ1v) is 6.12. The number of para-hydroxylation sites is 1. The van der Waals surface area contributed by atoms with Crippen molar-refractivity contribution in [3.05, 3.63) is 29.8 Å². The number of rotatable bonds is 6. The number of hydrogen-bond donors (Lipinski definition) is 2. The van der Waals surface area contributed by atoms with Crippen molar-refractivity contribution in [1.29, 1.82) is 0 Å². The van der Waals surface area contributed by atoms with E-state index in [1.165, 1.54) is 11.3 Å². The Balaban J connectivity index is 2.66. The molecule has 1 aromatic rings. The molecular formula is C14H23NO. The van der Waals surface area contributed by atoms with E-state index in [4.69, 9.17) is 5.11 Å². The van der Waals surface area contributed by atoms with Crippen molar-refractivity contribution in [3.63, 3.8) is 0 Å². The Morgan fingerprint density at radius 2 is 1.94 bits per heavy atom. The highest BCUT2D eigenvalue weighted by Gasteiger charge is 2.08. The van der Waals surface area contributed by atoms with Crippen LogP contribution in [0.2, 0.25) is 0 Å². The Kier molecular flexibility index (Phi) is 5.33. The fraction of sp³-hybridized carbons (Fsp3) is 0.571. The first kappa shape index (κ1) is 13.0. The monoisotopic (exact) mass is 221 g/mol. The molecule has 2 nitrogen and oxygen atoms in total. The van der Waals surface area contributed by atoms with Crippen LogP contribution in [-0.4, -0.2) is 18.3 Å². The maximum Gasteiger partial charge on any atom is 0.0475 e. The van der Waals surface area contributed by atoms with Gasteiger partial charge in [-0.1, -0.05) is 39.0 Å². The molecule has 2 N–H and O–H groups in total. The van der Waals surface area contributed by atoms with Gasteiger partial charge >= 0.3 is 0 Å². The van der Waals surface area contributed by atoms with Crippen LogP contribution < -0.4 is 5.32 Å². The first-order chi connectivity index (χ1) is 7.69. The minimum atomic E-state index is 0.257. The van der Waals surface area contributed by atoms with Gasteiger partial charge in [-0.3, -0.25) is 0 Å². The van der Waals surface area contributed by atoms with E-state index >= 15 is 0 Å². The Morgan fingerprint density at radius 3 is 2.50 bits per heavy atom. The molecule has 0 aliphatic carbocycles. The van der Waals surface area contributed by atoms with Crippen molar-refractivity contribution in [1.82, 2.24) is 0 Å². The zero-order valence-electron chi connectivity index (χ0n) is 10.5. The van der Waals surface area contributed by atoms with Gasteiger partial charge in [-0.25, -0.2) is 0 Å². The summed E-state index contributed by atoms with van der Waals surface area (Å²) in [6, 6.07) is 8.39. The normalized spacial score (nSPS) is 12.8. The molecular weight excluding hydrogens is 198 g/mol. The van der Waals surface area contributed by atoms with Gasteiger partial charge in [0.25, 0.3) is 0 Å². The largest absolute Gasteiger partial charge is 0.396 e. The number of anilines is 1. The van der Waals surface area contributed by atoms with Gasteiger partial charge in [-0.15, -0.1) is 0 Å². The topological polar surface area (TPSA) is 32.3 Å². The van der Waals surface area contributed by atoms with Gasteiger partial charge in [0.15, 0.2) is 0 Å². The minimum Gasteiger partial charge on any atom is -0.396 e. The van der Waals surface area contributed by atoms with Crippen LogP contribution in [0, 0.1) is 5.92 Å². The maximum atomic E-state index is 9.14. The number of benzene rings is 1. The second kappa shape index (κ2) is 6.54. The van der Waals surface area contributed by atoms with E-state index in [1.54, 1.807) is 0 Å². The van der Waals surface area contributed by atoms with Crippen LogP contribution in [0.15, 0.2) is 24.3 Å². The molecule has 0 aliphatic heterocycles. The van der Waals surface area contributed by atoms with Crippen LogP contribution in [-0.2, 0) is 0 Å². The summed E-state index contributed by atoms with van der Waals surface area (Å²) in [6.45, 7) is 7.61. The van der Waals surface area contributed by atoms with Crippen molar-refractivity contribution in [2.75, 3.05) is 18.5 Å². The van der Waals surface area contributed by atoms with Crippen molar-refractivity contribution < 1.29 is 5.11 Å². The van der Waals surface area contributed by atoms with Gasteiger partial charge in [0.1, 0.15) is 0 Å². The van der Waals surface area contributed by atoms with Gasteiger partial charge in [0, 0.05) is 18.8 Å². The van der Waals surface area contributed by atoms with Crippen LogP contribution in [0.1, 0.15) is 38.7 Å². The molecule has 0 saturated heterocycles. The number of aliphatic hydroxyl groups is 1. The highest BCUT2D eigenvalue weighted by Crippen LogP contribution is 2.23. The van der Waals surface area contributed by atoms with Crippen LogP contribution in [0.25, 0.3) is 0 Å². The molecule has 0 spiro atoms. The van der Waals surface area contributed by atoms with Gasteiger partial charge in [-0.2, -0.15) is 0 Å². The van der Waals surface area contributed by atoms with Crippen LogP contribution >= 0.6 is 0 Å². The van der Waals surface area contributed by atoms with Crippen LogP contribution in [0.5, 0.6) is 0 Å². The van der Waals surface area contributed by atoms with Gasteiger partial charge in [0.05, 0.1) is 0 Å². The molecule has 90 valence electrons. The third-order valence-corrected chi connectivity index (χ3v) is 3.00. The summed E-state index contributed by atoms with van der Waals surface area (Å²) in [7, 11) is 0. The van der Waals surface area contributed by atoms with E-state index in [0.717, 1.165) is 13.0 Å². The van der Waals surface area contributed by atoms with Gasteiger partial charge in [-0.05, 0) is 29.9 Å². The summed E-state index contributed by atoms with van der Waals surface area (Å²) >= 11 is 0. The first-order valence-electron chi connectivity index (χ1n) is 6.12. The van der Waals surface area contributed by atoms with E-state index in [1.807, 2.05) is 6.07 Å². The van der Waals surface area contributed by atoms with E-state index in [0.29, 0.717) is 11.8 Å². The summed E-state index contributed by atoms with van der Waals surface area (Å²) in [5.74, 6) is 0.873. The SMILES string of the molecule is CCC(CO)CNc1ccccc1C(C)C. The van der Waals surface area contributed by atoms with E-state index in [9.17, 15) is 0 Å². The molecule has 0 amide bonds. The molecule has 0 radical (unpaired) electrons. The Morgan fingerprint density at radius 1 is 1.25 bits per heavy atom. The second-order valence-electron chi connectivity index (χ2n) is 4.58. The molecule has 0 heterocycles. The summed E-state index contributed by atoms with van der Waals surface area (Å²) in [4.78, 5) is 0. The molecule has 0 aromatic heterocycles. The summed E-state index contributed by atoms with van der Waals surface area (Å²) in [6.07, 6.45) is 1.01. The zero-order valence-corrected chi connectivity index (χ0v) is 10.5. The number of hydrogen-bond acceptors (Lipinski definition) is 2. The van der Waals surface area contributed by atoms with Gasteiger partial charge in [0.2, 0.25) is 0 Å². The number of nitrogens with one attached hydrogen (secondary N) is 1.